The molecule has 21 heavy (non-hydrogen) atoms. The molecule has 0 radical (unpaired) electrons. The summed E-state index contributed by atoms with van der Waals surface area (Å²) >= 11 is 0. The van der Waals surface area contributed by atoms with Gasteiger partial charge in [-0.3, -0.25) is 4.79 Å². The van der Waals surface area contributed by atoms with Crippen molar-refractivity contribution in [2.45, 2.75) is 26.3 Å². The van der Waals surface area contributed by atoms with E-state index >= 15 is 0 Å². The summed E-state index contributed by atoms with van der Waals surface area (Å²) < 4.78 is 17.9. The average Bonchev–Trinajstić information content (AvgIpc) is 2.81. The Morgan fingerprint density at radius 2 is 2.19 bits per heavy atom. The Morgan fingerprint density at radius 1 is 1.43 bits per heavy atom. The van der Waals surface area contributed by atoms with Crippen LogP contribution in [0.2, 0.25) is 0 Å². The summed E-state index contributed by atoms with van der Waals surface area (Å²) in [6.45, 7) is 3.55. The molecular formula is C15H17FN2O3. The van der Waals surface area contributed by atoms with Gasteiger partial charge in [0.05, 0.1) is 13.0 Å². The molecule has 2 N–H and O–H groups in total. The van der Waals surface area contributed by atoms with Crippen LogP contribution in [0.15, 0.2) is 24.4 Å². The fourth-order valence-corrected chi connectivity index (χ4v) is 2.10. The Bertz CT molecular complexity index is 666. The molecule has 0 unspecified atom stereocenters. The van der Waals surface area contributed by atoms with Gasteiger partial charge in [0.25, 0.3) is 0 Å². The number of amides is 1. The predicted molar refractivity (Wildman–Crippen MR) is 76.2 cm³/mol. The number of esters is 1. The van der Waals surface area contributed by atoms with E-state index in [4.69, 9.17) is 4.74 Å². The molecule has 0 aliphatic heterocycles. The van der Waals surface area contributed by atoms with Crippen LogP contribution in [0.25, 0.3) is 10.9 Å². The lowest BCUT2D eigenvalue weighted by Crippen LogP contribution is -2.40. The number of carbonyl (C=O) groups is 2. The second kappa shape index (κ2) is 6.39. The summed E-state index contributed by atoms with van der Waals surface area (Å²) in [4.78, 5) is 26.3. The van der Waals surface area contributed by atoms with E-state index in [9.17, 15) is 14.0 Å². The number of halogens is 1. The van der Waals surface area contributed by atoms with E-state index < -0.39 is 12.0 Å². The summed E-state index contributed by atoms with van der Waals surface area (Å²) in [7, 11) is 0. The first-order chi connectivity index (χ1) is 10.0. The number of H-pyrrole nitrogens is 1. The molecule has 0 saturated carbocycles. The first-order valence-electron chi connectivity index (χ1n) is 6.72. The average molecular weight is 292 g/mol. The first kappa shape index (κ1) is 15.0. The smallest absolute Gasteiger partial charge is 0.328 e. The Balaban J connectivity index is 2.03. The zero-order valence-corrected chi connectivity index (χ0v) is 11.9. The maximum atomic E-state index is 13.1. The number of hydrogen-bond donors (Lipinski definition) is 2. The number of fused-ring (bicyclic) bond motifs is 1. The molecule has 1 heterocycles. The third kappa shape index (κ3) is 3.59. The van der Waals surface area contributed by atoms with Crippen molar-refractivity contribution in [1.29, 1.82) is 0 Å². The molecule has 0 aliphatic rings. The molecule has 2 rings (SSSR count). The largest absolute Gasteiger partial charge is 0.464 e. The zero-order chi connectivity index (χ0) is 15.4. The molecule has 1 atom stereocenters. The lowest BCUT2D eigenvalue weighted by atomic mass is 10.1. The van der Waals surface area contributed by atoms with Crippen LogP contribution in [0.4, 0.5) is 4.39 Å². The van der Waals surface area contributed by atoms with Gasteiger partial charge in [0.1, 0.15) is 11.9 Å². The number of nitrogens with one attached hydrogen (secondary N) is 2. The van der Waals surface area contributed by atoms with Crippen LogP contribution in [0.1, 0.15) is 19.4 Å². The molecule has 1 aromatic heterocycles. The van der Waals surface area contributed by atoms with Gasteiger partial charge in [0.15, 0.2) is 0 Å². The molecule has 1 aromatic carbocycles. The zero-order valence-electron chi connectivity index (χ0n) is 11.9. The van der Waals surface area contributed by atoms with Gasteiger partial charge in [-0.15, -0.1) is 0 Å². The number of ether oxygens (including phenoxy) is 1. The van der Waals surface area contributed by atoms with Gasteiger partial charge >= 0.3 is 5.97 Å². The second-order valence-corrected chi connectivity index (χ2v) is 4.72. The van der Waals surface area contributed by atoms with Gasteiger partial charge < -0.3 is 15.0 Å². The van der Waals surface area contributed by atoms with Crippen LogP contribution in [-0.4, -0.2) is 29.5 Å². The summed E-state index contributed by atoms with van der Waals surface area (Å²) in [5.74, 6) is -1.09. The molecule has 0 aliphatic carbocycles. The SMILES string of the molecule is CCOC(=O)[C@H](C)NC(=O)Cc1c[nH]c2cc(F)ccc12. The topological polar surface area (TPSA) is 71.2 Å². The Labute approximate surface area is 121 Å². The molecule has 112 valence electrons. The number of aromatic nitrogens is 1. The van der Waals surface area contributed by atoms with Crippen LogP contribution in [0.5, 0.6) is 0 Å². The molecule has 2 aromatic rings. The molecule has 5 nitrogen and oxygen atoms in total. The van der Waals surface area contributed by atoms with E-state index in [1.807, 2.05) is 0 Å². The molecule has 0 fully saturated rings. The highest BCUT2D eigenvalue weighted by atomic mass is 19.1. The first-order valence-corrected chi connectivity index (χ1v) is 6.72. The maximum absolute atomic E-state index is 13.1. The van der Waals surface area contributed by atoms with E-state index in [0.717, 1.165) is 10.9 Å². The molecular weight excluding hydrogens is 275 g/mol. The van der Waals surface area contributed by atoms with Crippen molar-refractivity contribution in [2.24, 2.45) is 0 Å². The summed E-state index contributed by atoms with van der Waals surface area (Å²) in [6, 6.07) is 3.65. The van der Waals surface area contributed by atoms with Crippen LogP contribution in [-0.2, 0) is 20.7 Å². The lowest BCUT2D eigenvalue weighted by Gasteiger charge is -2.12. The lowest BCUT2D eigenvalue weighted by molar-refractivity contribution is -0.146. The number of benzene rings is 1. The van der Waals surface area contributed by atoms with Gasteiger partial charge in [-0.1, -0.05) is 0 Å². The standard InChI is InChI=1S/C15H17FN2O3/c1-3-21-15(20)9(2)18-14(19)6-10-8-17-13-7-11(16)4-5-12(10)13/h4-5,7-9,17H,3,6H2,1-2H3,(H,18,19)/t9-/m0/s1. The van der Waals surface area contributed by atoms with Gasteiger partial charge in [-0.25, -0.2) is 9.18 Å². The van der Waals surface area contributed by atoms with Crippen LogP contribution in [0.3, 0.4) is 0 Å². The van der Waals surface area contributed by atoms with Crippen molar-refractivity contribution in [2.75, 3.05) is 6.61 Å². The number of rotatable bonds is 5. The van der Waals surface area contributed by atoms with Gasteiger partial charge in [0, 0.05) is 17.1 Å². The van der Waals surface area contributed by atoms with Gasteiger partial charge in [-0.2, -0.15) is 0 Å². The van der Waals surface area contributed by atoms with Crippen molar-refractivity contribution in [1.82, 2.24) is 10.3 Å². The maximum Gasteiger partial charge on any atom is 0.328 e. The third-order valence-electron chi connectivity index (χ3n) is 3.10. The van der Waals surface area contributed by atoms with Crippen molar-refractivity contribution in [3.63, 3.8) is 0 Å². The van der Waals surface area contributed by atoms with Crippen molar-refractivity contribution in [3.8, 4) is 0 Å². The molecule has 6 heteroatoms. The summed E-state index contributed by atoms with van der Waals surface area (Å²) in [6.07, 6.45) is 1.77. The van der Waals surface area contributed by atoms with E-state index in [-0.39, 0.29) is 24.8 Å². The molecule has 1 amide bonds. The molecule has 0 spiro atoms. The Morgan fingerprint density at radius 3 is 2.90 bits per heavy atom. The number of carbonyl (C=O) groups excluding carboxylic acids is 2. The summed E-state index contributed by atoms with van der Waals surface area (Å²) in [5.41, 5.74) is 1.38. The quantitative estimate of drug-likeness (QED) is 0.827. The highest BCUT2D eigenvalue weighted by Crippen LogP contribution is 2.19. The van der Waals surface area contributed by atoms with E-state index in [2.05, 4.69) is 10.3 Å². The highest BCUT2D eigenvalue weighted by Gasteiger charge is 2.17. The third-order valence-corrected chi connectivity index (χ3v) is 3.10. The van der Waals surface area contributed by atoms with Crippen molar-refractivity contribution >= 4 is 22.8 Å². The highest BCUT2D eigenvalue weighted by molar-refractivity contribution is 5.90. The van der Waals surface area contributed by atoms with Gasteiger partial charge in [-0.05, 0) is 37.6 Å². The Hall–Kier alpha value is -2.37. The number of aromatic amines is 1. The monoisotopic (exact) mass is 292 g/mol. The molecule has 0 bridgehead atoms. The number of hydrogen-bond acceptors (Lipinski definition) is 3. The second-order valence-electron chi connectivity index (χ2n) is 4.72. The Kier molecular flexibility index (Phi) is 4.57. The fourth-order valence-electron chi connectivity index (χ4n) is 2.10. The van der Waals surface area contributed by atoms with E-state index in [0.29, 0.717) is 5.52 Å². The minimum atomic E-state index is -0.694. The van der Waals surface area contributed by atoms with E-state index in [1.165, 1.54) is 12.1 Å². The van der Waals surface area contributed by atoms with Crippen molar-refractivity contribution < 1.29 is 18.7 Å². The van der Waals surface area contributed by atoms with E-state index in [1.54, 1.807) is 26.1 Å². The summed E-state index contributed by atoms with van der Waals surface area (Å²) in [5, 5.41) is 3.36. The minimum Gasteiger partial charge on any atom is -0.464 e. The molecule has 0 saturated heterocycles. The van der Waals surface area contributed by atoms with Crippen LogP contribution in [0, 0.1) is 5.82 Å². The fraction of sp³-hybridized carbons (Fsp3) is 0.333. The normalized spacial score (nSPS) is 12.1. The van der Waals surface area contributed by atoms with Crippen molar-refractivity contribution in [3.05, 3.63) is 35.8 Å². The predicted octanol–water partition coefficient (Wildman–Crippen LogP) is 1.92. The minimum absolute atomic E-state index is 0.107. The van der Waals surface area contributed by atoms with Crippen LogP contribution >= 0.6 is 0 Å². The van der Waals surface area contributed by atoms with Crippen LogP contribution < -0.4 is 5.32 Å². The van der Waals surface area contributed by atoms with Gasteiger partial charge in [0.2, 0.25) is 5.91 Å².